The van der Waals surface area contributed by atoms with Gasteiger partial charge in [0.15, 0.2) is 0 Å². The molecule has 1 aliphatic heterocycles. The number of aromatic nitrogens is 1. The van der Waals surface area contributed by atoms with Crippen LogP contribution in [0.25, 0.3) is 0 Å². The van der Waals surface area contributed by atoms with Crippen molar-refractivity contribution in [3.8, 4) is 0 Å². The molecule has 1 aromatic rings. The molecule has 2 heterocycles. The Bertz CT molecular complexity index is 450. The average molecular weight is 256 g/mol. The Labute approximate surface area is 115 Å². The summed E-state index contributed by atoms with van der Waals surface area (Å²) in [5.74, 6) is 5.14. The van der Waals surface area contributed by atoms with Gasteiger partial charge < -0.3 is 9.88 Å². The fraction of sp³-hybridized carbons (Fsp3) is 0.765. The molecule has 0 unspecified atom stereocenters. The number of rotatable bonds is 1. The zero-order valence-corrected chi connectivity index (χ0v) is 11.6. The summed E-state index contributed by atoms with van der Waals surface area (Å²) >= 11 is 0. The highest BCUT2D eigenvalue weighted by molar-refractivity contribution is 5.27. The fourth-order valence-electron chi connectivity index (χ4n) is 6.00. The van der Waals surface area contributed by atoms with Gasteiger partial charge in [-0.15, -0.1) is 0 Å². The molecule has 0 atom stereocenters. The van der Waals surface area contributed by atoms with Gasteiger partial charge in [-0.1, -0.05) is 0 Å². The molecule has 19 heavy (non-hydrogen) atoms. The van der Waals surface area contributed by atoms with E-state index in [9.17, 15) is 0 Å². The van der Waals surface area contributed by atoms with Crippen molar-refractivity contribution in [2.24, 2.45) is 23.7 Å². The summed E-state index contributed by atoms with van der Waals surface area (Å²) in [5.41, 5.74) is 3.21. The zero-order chi connectivity index (χ0) is 12.4. The first-order valence-electron chi connectivity index (χ1n) is 8.26. The van der Waals surface area contributed by atoms with Crippen molar-refractivity contribution in [2.45, 2.75) is 51.1 Å². The van der Waals surface area contributed by atoms with Crippen molar-refractivity contribution in [3.63, 3.8) is 0 Å². The number of nitrogens with zero attached hydrogens (tertiary/aromatic N) is 1. The Morgan fingerprint density at radius 1 is 1.00 bits per heavy atom. The first-order chi connectivity index (χ1) is 9.37. The Kier molecular flexibility index (Phi) is 2.24. The lowest BCUT2D eigenvalue weighted by Crippen LogP contribution is -2.43. The standard InChI is InChI=1S/C17H24N2/c1-2-19-10-15(8-16(19)9-18-1)17-13-4-11-3-12(6-13)7-14(17)5-11/h8,10-14,17-18H,1-7,9H2. The molecule has 1 N–H and O–H groups in total. The minimum Gasteiger partial charge on any atom is -0.349 e. The van der Waals surface area contributed by atoms with Gasteiger partial charge in [0, 0.05) is 31.5 Å². The van der Waals surface area contributed by atoms with Crippen LogP contribution in [0.5, 0.6) is 0 Å². The van der Waals surface area contributed by atoms with Gasteiger partial charge in [0.25, 0.3) is 0 Å². The van der Waals surface area contributed by atoms with Gasteiger partial charge >= 0.3 is 0 Å². The second-order valence-electron chi connectivity index (χ2n) is 7.59. The molecular formula is C17H24N2. The maximum absolute atomic E-state index is 3.50. The highest BCUT2D eigenvalue weighted by Gasteiger charge is 2.48. The molecule has 1 aromatic heterocycles. The maximum Gasteiger partial charge on any atom is 0.0360 e. The predicted octanol–water partition coefficient (Wildman–Crippen LogP) is 3.13. The van der Waals surface area contributed by atoms with Crippen LogP contribution in [0.3, 0.4) is 0 Å². The third-order valence-electron chi connectivity index (χ3n) is 6.45. The smallest absolute Gasteiger partial charge is 0.0360 e. The van der Waals surface area contributed by atoms with Crippen molar-refractivity contribution in [1.82, 2.24) is 9.88 Å². The number of fused-ring (bicyclic) bond motifs is 1. The molecule has 4 bridgehead atoms. The van der Waals surface area contributed by atoms with Crippen LogP contribution in [-0.4, -0.2) is 11.1 Å². The van der Waals surface area contributed by atoms with Crippen LogP contribution < -0.4 is 5.32 Å². The second kappa shape index (κ2) is 3.88. The van der Waals surface area contributed by atoms with Gasteiger partial charge in [0.1, 0.15) is 0 Å². The summed E-state index contributed by atoms with van der Waals surface area (Å²) in [7, 11) is 0. The zero-order valence-electron chi connectivity index (χ0n) is 11.6. The Morgan fingerprint density at radius 2 is 1.74 bits per heavy atom. The van der Waals surface area contributed by atoms with Gasteiger partial charge in [-0.3, -0.25) is 0 Å². The highest BCUT2D eigenvalue weighted by atomic mass is 15.1. The summed E-state index contributed by atoms with van der Waals surface area (Å²) in [6.45, 7) is 3.39. The van der Waals surface area contributed by atoms with Crippen LogP contribution in [0.15, 0.2) is 12.3 Å². The molecule has 2 nitrogen and oxygen atoms in total. The van der Waals surface area contributed by atoms with Crippen LogP contribution in [0.4, 0.5) is 0 Å². The van der Waals surface area contributed by atoms with E-state index in [4.69, 9.17) is 0 Å². The van der Waals surface area contributed by atoms with Crippen LogP contribution in [0.2, 0.25) is 0 Å². The quantitative estimate of drug-likeness (QED) is 0.817. The molecule has 0 amide bonds. The van der Waals surface area contributed by atoms with Gasteiger partial charge in [-0.05, 0) is 73.3 Å². The van der Waals surface area contributed by atoms with Crippen molar-refractivity contribution in [1.29, 1.82) is 0 Å². The molecule has 0 radical (unpaired) electrons. The molecule has 4 saturated carbocycles. The van der Waals surface area contributed by atoms with Gasteiger partial charge in [0.2, 0.25) is 0 Å². The topological polar surface area (TPSA) is 17.0 Å². The third-order valence-corrected chi connectivity index (χ3v) is 6.45. The molecule has 6 rings (SSSR count). The van der Waals surface area contributed by atoms with E-state index < -0.39 is 0 Å². The van der Waals surface area contributed by atoms with Crippen LogP contribution in [0, 0.1) is 23.7 Å². The monoisotopic (exact) mass is 256 g/mol. The summed E-state index contributed by atoms with van der Waals surface area (Å²) in [6, 6.07) is 2.53. The normalized spacial score (nSPS) is 43.5. The maximum atomic E-state index is 3.50. The second-order valence-corrected chi connectivity index (χ2v) is 7.59. The largest absolute Gasteiger partial charge is 0.349 e. The minimum absolute atomic E-state index is 0.908. The Balaban J connectivity index is 1.50. The molecule has 0 aromatic carbocycles. The van der Waals surface area contributed by atoms with Crippen molar-refractivity contribution in [2.75, 3.05) is 6.54 Å². The third kappa shape index (κ3) is 1.59. The van der Waals surface area contributed by atoms with Gasteiger partial charge in [-0.2, -0.15) is 0 Å². The molecular weight excluding hydrogens is 232 g/mol. The van der Waals surface area contributed by atoms with Crippen molar-refractivity contribution in [3.05, 3.63) is 23.5 Å². The summed E-state index contributed by atoms with van der Waals surface area (Å²) in [4.78, 5) is 0. The molecule has 4 fully saturated rings. The van der Waals surface area contributed by atoms with Gasteiger partial charge in [-0.25, -0.2) is 0 Å². The summed E-state index contributed by atoms with van der Waals surface area (Å²) in [5, 5.41) is 3.50. The van der Waals surface area contributed by atoms with Crippen molar-refractivity contribution < 1.29 is 0 Å². The first kappa shape index (κ1) is 11.0. The summed E-state index contributed by atoms with van der Waals surface area (Å²) < 4.78 is 2.51. The molecule has 0 saturated heterocycles. The lowest BCUT2D eigenvalue weighted by molar-refractivity contribution is -0.00278. The SMILES string of the molecule is c1c(C2C3CC4CC(C3)CC2C4)cn2c1CNCC2. The molecule has 2 heteroatoms. The predicted molar refractivity (Wildman–Crippen MR) is 75.9 cm³/mol. The Hall–Kier alpha value is -0.760. The van der Waals surface area contributed by atoms with Crippen LogP contribution in [0.1, 0.15) is 49.3 Å². The van der Waals surface area contributed by atoms with Crippen molar-refractivity contribution >= 4 is 0 Å². The molecule has 4 aliphatic carbocycles. The average Bonchev–Trinajstić information content (AvgIpc) is 2.80. The van der Waals surface area contributed by atoms with E-state index >= 15 is 0 Å². The summed E-state index contributed by atoms with van der Waals surface area (Å²) in [6.07, 6.45) is 10.2. The molecule has 102 valence electrons. The molecule has 0 spiro atoms. The van der Waals surface area contributed by atoms with E-state index in [1.807, 2.05) is 0 Å². The van der Waals surface area contributed by atoms with E-state index in [-0.39, 0.29) is 0 Å². The van der Waals surface area contributed by atoms with E-state index in [1.165, 1.54) is 37.9 Å². The Morgan fingerprint density at radius 3 is 2.42 bits per heavy atom. The molecule has 5 aliphatic rings. The van der Waals surface area contributed by atoms with E-state index in [1.54, 1.807) is 12.0 Å². The van der Waals surface area contributed by atoms with Crippen LogP contribution in [-0.2, 0) is 13.1 Å². The van der Waals surface area contributed by atoms with E-state index in [0.29, 0.717) is 0 Å². The number of hydrogen-bond donors (Lipinski definition) is 1. The minimum atomic E-state index is 0.908. The first-order valence-corrected chi connectivity index (χ1v) is 8.26. The fourth-order valence-corrected chi connectivity index (χ4v) is 6.00. The highest BCUT2D eigenvalue weighted by Crippen LogP contribution is 2.59. The van der Waals surface area contributed by atoms with Gasteiger partial charge in [0.05, 0.1) is 0 Å². The number of hydrogen-bond acceptors (Lipinski definition) is 1. The van der Waals surface area contributed by atoms with E-state index in [2.05, 4.69) is 22.1 Å². The van der Waals surface area contributed by atoms with E-state index in [0.717, 1.165) is 42.7 Å². The lowest BCUT2D eigenvalue weighted by Gasteiger charge is -2.54. The number of nitrogens with one attached hydrogen (secondary N) is 1. The lowest BCUT2D eigenvalue weighted by atomic mass is 9.51. The van der Waals surface area contributed by atoms with Crippen LogP contribution >= 0.6 is 0 Å².